The van der Waals surface area contributed by atoms with Crippen molar-refractivity contribution in [2.24, 2.45) is 7.05 Å². The molecule has 0 radical (unpaired) electrons. The molecule has 1 heterocycles. The highest BCUT2D eigenvalue weighted by molar-refractivity contribution is 5.79. The van der Waals surface area contributed by atoms with Crippen LogP contribution in [-0.2, 0) is 18.4 Å². The molecule has 0 amide bonds. The Morgan fingerprint density at radius 2 is 1.35 bits per heavy atom. The topological polar surface area (TPSA) is 64.2 Å². The highest BCUT2D eigenvalue weighted by Gasteiger charge is 2.24. The number of benzene rings is 2. The van der Waals surface area contributed by atoms with Crippen LogP contribution in [0.3, 0.4) is 0 Å². The lowest BCUT2D eigenvalue weighted by molar-refractivity contribution is -0.137. The Labute approximate surface area is 179 Å². The molecule has 0 fully saturated rings. The lowest BCUT2D eigenvalue weighted by Gasteiger charge is -2.12. The summed E-state index contributed by atoms with van der Waals surface area (Å²) in [5.41, 5.74) is 0.867. The van der Waals surface area contributed by atoms with Crippen LogP contribution in [0.4, 0.5) is 8.78 Å². The van der Waals surface area contributed by atoms with Crippen LogP contribution >= 0.6 is 0 Å². The number of rotatable bonds is 10. The Bertz CT molecular complexity index is 1120. The van der Waals surface area contributed by atoms with Crippen LogP contribution in [-0.4, -0.2) is 20.2 Å². The minimum absolute atomic E-state index is 0.154. The molecule has 0 saturated heterocycles. The number of carbonyl (C=O) groups is 1. The molecule has 0 bridgehead atoms. The van der Waals surface area contributed by atoms with Gasteiger partial charge in [-0.2, -0.15) is 0 Å². The van der Waals surface area contributed by atoms with E-state index in [1.165, 1.54) is 21.3 Å². The quantitative estimate of drug-likeness (QED) is 0.450. The van der Waals surface area contributed by atoms with Gasteiger partial charge in [0, 0.05) is 31.1 Å². The number of carboxylic acid groups (broad SMARTS) is 1. The number of hydrogen-bond acceptors (Lipinski definition) is 2. The molecule has 0 aliphatic heterocycles. The van der Waals surface area contributed by atoms with E-state index >= 15 is 0 Å². The number of carboxylic acids is 1. The van der Waals surface area contributed by atoms with Gasteiger partial charge in [0.15, 0.2) is 0 Å². The van der Waals surface area contributed by atoms with Gasteiger partial charge in [0.25, 0.3) is 0 Å². The second-order valence-corrected chi connectivity index (χ2v) is 7.56. The first kappa shape index (κ1) is 22.5. The molecule has 31 heavy (non-hydrogen) atoms. The molecule has 0 aliphatic carbocycles. The lowest BCUT2D eigenvalue weighted by Crippen LogP contribution is -2.23. The van der Waals surface area contributed by atoms with Crippen molar-refractivity contribution in [1.82, 2.24) is 9.13 Å². The maximum absolute atomic E-state index is 14.7. The monoisotopic (exact) mass is 428 g/mol. The van der Waals surface area contributed by atoms with Gasteiger partial charge in [-0.15, -0.1) is 0 Å². The zero-order valence-corrected chi connectivity index (χ0v) is 17.5. The smallest absolute Gasteiger partial charge is 0.328 e. The zero-order chi connectivity index (χ0) is 22.4. The summed E-state index contributed by atoms with van der Waals surface area (Å²) in [6, 6.07) is 12.3. The molecule has 7 heteroatoms. The molecule has 1 N–H and O–H groups in total. The van der Waals surface area contributed by atoms with E-state index in [1.54, 1.807) is 43.4 Å². The molecule has 1 aromatic heterocycles. The van der Waals surface area contributed by atoms with Crippen LogP contribution in [0, 0.1) is 11.6 Å². The van der Waals surface area contributed by atoms with Crippen LogP contribution in [0.25, 0.3) is 22.5 Å². The van der Waals surface area contributed by atoms with E-state index in [9.17, 15) is 18.4 Å². The second kappa shape index (κ2) is 10.2. The average Bonchev–Trinajstić information content (AvgIpc) is 2.98. The molecule has 0 saturated carbocycles. The first-order chi connectivity index (χ1) is 14.9. The number of unbranched alkanes of at least 4 members (excludes halogenated alkanes) is 4. The van der Waals surface area contributed by atoms with Crippen molar-refractivity contribution in [3.8, 4) is 22.5 Å². The summed E-state index contributed by atoms with van der Waals surface area (Å²) in [6.07, 6.45) is 3.92. The summed E-state index contributed by atoms with van der Waals surface area (Å²) < 4.78 is 32.2. The third-order valence-corrected chi connectivity index (χ3v) is 5.38. The lowest BCUT2D eigenvalue weighted by atomic mass is 10.0. The van der Waals surface area contributed by atoms with Crippen molar-refractivity contribution in [2.75, 3.05) is 0 Å². The van der Waals surface area contributed by atoms with E-state index in [0.29, 0.717) is 30.8 Å². The summed E-state index contributed by atoms with van der Waals surface area (Å²) in [5, 5.41) is 8.70. The fraction of sp³-hybridized carbons (Fsp3) is 0.333. The van der Waals surface area contributed by atoms with Crippen LogP contribution in [0.2, 0.25) is 0 Å². The number of nitrogens with zero attached hydrogens (tertiary/aromatic N) is 2. The van der Waals surface area contributed by atoms with Gasteiger partial charge in [-0.05, 0) is 37.1 Å². The third kappa shape index (κ3) is 5.10. The Balaban J connectivity index is 1.93. The van der Waals surface area contributed by atoms with Crippen LogP contribution in [0.5, 0.6) is 0 Å². The van der Waals surface area contributed by atoms with Gasteiger partial charge in [-0.25, -0.2) is 13.6 Å². The SMILES string of the molecule is Cn1c(-c2ccccc2F)c(-c2ccccc2F)n(CCCCCCCC(=O)O)c1=O. The second-order valence-electron chi connectivity index (χ2n) is 7.56. The molecule has 3 rings (SSSR count). The molecule has 2 aromatic carbocycles. The van der Waals surface area contributed by atoms with Gasteiger partial charge in [0.1, 0.15) is 11.6 Å². The van der Waals surface area contributed by atoms with Crippen LogP contribution in [0.1, 0.15) is 38.5 Å². The van der Waals surface area contributed by atoms with Gasteiger partial charge in [0.2, 0.25) is 0 Å². The summed E-state index contributed by atoms with van der Waals surface area (Å²) in [6.45, 7) is 0.365. The molecule has 0 unspecified atom stereocenters. The Morgan fingerprint density at radius 1 is 0.839 bits per heavy atom. The molecule has 164 valence electrons. The molecule has 3 aromatic rings. The average molecular weight is 428 g/mol. The number of hydrogen-bond donors (Lipinski definition) is 1. The summed E-state index contributed by atoms with van der Waals surface area (Å²) in [5.74, 6) is -1.76. The first-order valence-electron chi connectivity index (χ1n) is 10.4. The molecule has 0 atom stereocenters. The van der Waals surface area contributed by atoms with Gasteiger partial charge in [0.05, 0.1) is 11.4 Å². The summed E-state index contributed by atoms with van der Waals surface area (Å²) >= 11 is 0. The third-order valence-electron chi connectivity index (χ3n) is 5.38. The van der Waals surface area contributed by atoms with Crippen molar-refractivity contribution in [3.05, 3.63) is 70.6 Å². The Kier molecular flexibility index (Phi) is 7.39. The molecular formula is C24H26F2N2O3. The number of aliphatic carboxylic acids is 1. The highest BCUT2D eigenvalue weighted by atomic mass is 19.1. The maximum atomic E-state index is 14.7. The number of halogens is 2. The van der Waals surface area contributed by atoms with Crippen molar-refractivity contribution in [2.45, 2.75) is 45.1 Å². The van der Waals surface area contributed by atoms with E-state index in [4.69, 9.17) is 5.11 Å². The molecule has 5 nitrogen and oxygen atoms in total. The highest BCUT2D eigenvalue weighted by Crippen LogP contribution is 2.34. The minimum Gasteiger partial charge on any atom is -0.481 e. The predicted octanol–water partition coefficient (Wildman–Crippen LogP) is 5.22. The molecule has 0 aliphatic rings. The van der Waals surface area contributed by atoms with E-state index in [-0.39, 0.29) is 23.2 Å². The van der Waals surface area contributed by atoms with Gasteiger partial charge < -0.3 is 5.11 Å². The zero-order valence-electron chi connectivity index (χ0n) is 17.5. The van der Waals surface area contributed by atoms with Crippen molar-refractivity contribution in [3.63, 3.8) is 0 Å². The van der Waals surface area contributed by atoms with Gasteiger partial charge in [-0.3, -0.25) is 13.9 Å². The van der Waals surface area contributed by atoms with Crippen molar-refractivity contribution in [1.29, 1.82) is 0 Å². The fourth-order valence-corrected chi connectivity index (χ4v) is 3.83. The minimum atomic E-state index is -0.800. The molecular weight excluding hydrogens is 402 g/mol. The first-order valence-corrected chi connectivity index (χ1v) is 10.4. The van der Waals surface area contributed by atoms with E-state index < -0.39 is 17.6 Å². The van der Waals surface area contributed by atoms with Gasteiger partial charge in [-0.1, -0.05) is 43.5 Å². The van der Waals surface area contributed by atoms with Crippen molar-refractivity contribution < 1.29 is 18.7 Å². The predicted molar refractivity (Wildman–Crippen MR) is 116 cm³/mol. The van der Waals surface area contributed by atoms with Gasteiger partial charge >= 0.3 is 11.7 Å². The normalized spacial score (nSPS) is 11.1. The Morgan fingerprint density at radius 3 is 1.94 bits per heavy atom. The standard InChI is InChI=1S/C24H26F2N2O3/c1-27-22(17-11-6-8-13-19(17)25)23(18-12-7-9-14-20(18)26)28(24(27)31)16-10-4-2-3-5-15-21(29)30/h6-9,11-14H,2-5,10,15-16H2,1H3,(H,29,30). The summed E-state index contributed by atoms with van der Waals surface area (Å²) in [7, 11) is 1.57. The van der Waals surface area contributed by atoms with E-state index in [0.717, 1.165) is 19.3 Å². The maximum Gasteiger partial charge on any atom is 0.328 e. The van der Waals surface area contributed by atoms with Crippen molar-refractivity contribution >= 4 is 5.97 Å². The molecule has 0 spiro atoms. The van der Waals surface area contributed by atoms with E-state index in [2.05, 4.69) is 0 Å². The van der Waals surface area contributed by atoms with E-state index in [1.807, 2.05) is 0 Å². The Hall–Kier alpha value is -3.22. The van der Waals surface area contributed by atoms with Crippen LogP contribution < -0.4 is 5.69 Å². The van der Waals surface area contributed by atoms with Crippen LogP contribution in [0.15, 0.2) is 53.3 Å². The fourth-order valence-electron chi connectivity index (χ4n) is 3.83. The summed E-state index contributed by atoms with van der Waals surface area (Å²) in [4.78, 5) is 23.6. The largest absolute Gasteiger partial charge is 0.481 e. The number of aromatic nitrogens is 2. The number of imidazole rings is 1.